The number of amides is 1. The number of rotatable bonds is 5. The standard InChI is InChI=1S/C20H24ClN3O2/c1-15-4-3-5-17(12-15)23-8-10-24(11-9-23)20(25)14-22-16-6-7-19(26-2)18(21)13-16/h3-7,12-13,22H,8-11,14H2,1-2H3. The van der Waals surface area contributed by atoms with Crippen molar-refractivity contribution in [3.63, 3.8) is 0 Å². The van der Waals surface area contributed by atoms with Crippen molar-refractivity contribution in [1.29, 1.82) is 0 Å². The van der Waals surface area contributed by atoms with E-state index in [2.05, 4.69) is 41.4 Å². The Hall–Kier alpha value is -2.40. The molecule has 0 bridgehead atoms. The highest BCUT2D eigenvalue weighted by Gasteiger charge is 2.21. The highest BCUT2D eigenvalue weighted by Crippen LogP contribution is 2.27. The summed E-state index contributed by atoms with van der Waals surface area (Å²) in [7, 11) is 1.58. The fourth-order valence-electron chi connectivity index (χ4n) is 3.10. The maximum atomic E-state index is 12.5. The van der Waals surface area contributed by atoms with E-state index in [0.29, 0.717) is 10.8 Å². The van der Waals surface area contributed by atoms with Crippen molar-refractivity contribution < 1.29 is 9.53 Å². The van der Waals surface area contributed by atoms with Gasteiger partial charge >= 0.3 is 0 Å². The number of hydrogen-bond acceptors (Lipinski definition) is 4. The summed E-state index contributed by atoms with van der Waals surface area (Å²) < 4.78 is 5.14. The fraction of sp³-hybridized carbons (Fsp3) is 0.350. The zero-order chi connectivity index (χ0) is 18.5. The van der Waals surface area contributed by atoms with E-state index >= 15 is 0 Å². The molecule has 2 aromatic carbocycles. The van der Waals surface area contributed by atoms with Crippen LogP contribution >= 0.6 is 11.6 Å². The van der Waals surface area contributed by atoms with Gasteiger partial charge in [0.2, 0.25) is 5.91 Å². The first-order valence-corrected chi connectivity index (χ1v) is 9.11. The molecule has 0 unspecified atom stereocenters. The monoisotopic (exact) mass is 373 g/mol. The van der Waals surface area contributed by atoms with Gasteiger partial charge in [-0.25, -0.2) is 0 Å². The lowest BCUT2D eigenvalue weighted by Gasteiger charge is -2.36. The zero-order valence-corrected chi connectivity index (χ0v) is 15.9. The Kier molecular flexibility index (Phi) is 5.89. The van der Waals surface area contributed by atoms with Crippen LogP contribution in [0.5, 0.6) is 5.75 Å². The topological polar surface area (TPSA) is 44.8 Å². The number of ether oxygens (including phenoxy) is 1. The molecular formula is C20H24ClN3O2. The number of anilines is 2. The van der Waals surface area contributed by atoms with E-state index in [4.69, 9.17) is 16.3 Å². The molecule has 6 heteroatoms. The van der Waals surface area contributed by atoms with Crippen LogP contribution in [0.3, 0.4) is 0 Å². The van der Waals surface area contributed by atoms with Gasteiger partial charge in [0.1, 0.15) is 5.75 Å². The van der Waals surface area contributed by atoms with Gasteiger partial charge in [-0.05, 0) is 42.8 Å². The third-order valence-corrected chi connectivity index (χ3v) is 4.89. The van der Waals surface area contributed by atoms with Gasteiger partial charge in [0.15, 0.2) is 0 Å². The Labute approximate surface area is 159 Å². The number of nitrogens with zero attached hydrogens (tertiary/aromatic N) is 2. The van der Waals surface area contributed by atoms with E-state index in [0.717, 1.165) is 31.9 Å². The first kappa shape index (κ1) is 18.4. The van der Waals surface area contributed by atoms with Crippen LogP contribution in [-0.4, -0.2) is 50.6 Å². The normalized spacial score (nSPS) is 14.3. The molecule has 1 saturated heterocycles. The lowest BCUT2D eigenvalue weighted by molar-refractivity contribution is -0.129. The zero-order valence-electron chi connectivity index (χ0n) is 15.2. The van der Waals surface area contributed by atoms with Crippen molar-refractivity contribution in [3.8, 4) is 5.75 Å². The molecule has 1 amide bonds. The van der Waals surface area contributed by atoms with Gasteiger partial charge in [0.25, 0.3) is 0 Å². The van der Waals surface area contributed by atoms with Crippen molar-refractivity contribution in [2.24, 2.45) is 0 Å². The lowest BCUT2D eigenvalue weighted by Crippen LogP contribution is -2.50. The number of aryl methyl sites for hydroxylation is 1. The average Bonchev–Trinajstić information content (AvgIpc) is 2.66. The minimum Gasteiger partial charge on any atom is -0.495 e. The van der Waals surface area contributed by atoms with E-state index in [1.807, 2.05) is 11.0 Å². The largest absolute Gasteiger partial charge is 0.495 e. The SMILES string of the molecule is COc1ccc(NCC(=O)N2CCN(c3cccc(C)c3)CC2)cc1Cl. The summed E-state index contributed by atoms with van der Waals surface area (Å²) in [6, 6.07) is 13.9. The summed E-state index contributed by atoms with van der Waals surface area (Å²) in [6.45, 7) is 5.52. The number of nitrogens with one attached hydrogen (secondary N) is 1. The molecule has 0 radical (unpaired) electrons. The van der Waals surface area contributed by atoms with Crippen LogP contribution in [0, 0.1) is 6.92 Å². The van der Waals surface area contributed by atoms with Crippen LogP contribution in [0.1, 0.15) is 5.56 Å². The number of hydrogen-bond donors (Lipinski definition) is 1. The lowest BCUT2D eigenvalue weighted by atomic mass is 10.2. The van der Waals surface area contributed by atoms with Crippen LogP contribution in [0.2, 0.25) is 5.02 Å². The average molecular weight is 374 g/mol. The summed E-state index contributed by atoms with van der Waals surface area (Å²) in [4.78, 5) is 16.7. The third-order valence-electron chi connectivity index (χ3n) is 4.59. The van der Waals surface area contributed by atoms with Gasteiger partial charge in [-0.15, -0.1) is 0 Å². The Morgan fingerprint density at radius 1 is 1.15 bits per heavy atom. The van der Waals surface area contributed by atoms with Crippen LogP contribution in [0.4, 0.5) is 11.4 Å². The maximum absolute atomic E-state index is 12.5. The van der Waals surface area contributed by atoms with Gasteiger partial charge in [-0.1, -0.05) is 23.7 Å². The smallest absolute Gasteiger partial charge is 0.241 e. The van der Waals surface area contributed by atoms with E-state index in [9.17, 15) is 4.79 Å². The molecule has 0 saturated carbocycles. The van der Waals surface area contributed by atoms with Gasteiger partial charge in [0.05, 0.1) is 18.7 Å². The summed E-state index contributed by atoms with van der Waals surface area (Å²) in [5.41, 5.74) is 3.29. The Morgan fingerprint density at radius 2 is 1.92 bits per heavy atom. The summed E-state index contributed by atoms with van der Waals surface area (Å²) in [5.74, 6) is 0.719. The van der Waals surface area contributed by atoms with Gasteiger partial charge < -0.3 is 19.9 Å². The molecular weight excluding hydrogens is 350 g/mol. The second-order valence-electron chi connectivity index (χ2n) is 6.41. The Morgan fingerprint density at radius 3 is 2.58 bits per heavy atom. The number of benzene rings is 2. The van der Waals surface area contributed by atoms with Crippen molar-refractivity contribution in [2.45, 2.75) is 6.92 Å². The molecule has 0 spiro atoms. The van der Waals surface area contributed by atoms with Crippen LogP contribution in [0.15, 0.2) is 42.5 Å². The molecule has 3 rings (SSSR count). The second kappa shape index (κ2) is 8.32. The Balaban J connectivity index is 1.50. The number of methoxy groups -OCH3 is 1. The predicted octanol–water partition coefficient (Wildman–Crippen LogP) is 3.42. The molecule has 0 aromatic heterocycles. The predicted molar refractivity (Wildman–Crippen MR) is 106 cm³/mol. The number of halogens is 1. The number of carbonyl (C=O) groups is 1. The van der Waals surface area contributed by atoms with Gasteiger partial charge in [-0.2, -0.15) is 0 Å². The van der Waals surface area contributed by atoms with Crippen molar-refractivity contribution in [3.05, 3.63) is 53.1 Å². The molecule has 138 valence electrons. The van der Waals surface area contributed by atoms with E-state index in [1.165, 1.54) is 11.3 Å². The summed E-state index contributed by atoms with van der Waals surface area (Å²) >= 11 is 6.11. The molecule has 1 N–H and O–H groups in total. The number of piperazine rings is 1. The van der Waals surface area contributed by atoms with Gasteiger partial charge in [0, 0.05) is 37.6 Å². The minimum atomic E-state index is 0.0980. The molecule has 1 aliphatic heterocycles. The van der Waals surface area contributed by atoms with Crippen LogP contribution in [0.25, 0.3) is 0 Å². The first-order chi connectivity index (χ1) is 12.6. The van der Waals surface area contributed by atoms with Crippen molar-refractivity contribution >= 4 is 28.9 Å². The molecule has 1 aliphatic rings. The van der Waals surface area contributed by atoms with E-state index in [1.54, 1.807) is 19.2 Å². The molecule has 1 heterocycles. The van der Waals surface area contributed by atoms with Crippen LogP contribution in [-0.2, 0) is 4.79 Å². The van der Waals surface area contributed by atoms with Crippen LogP contribution < -0.4 is 15.0 Å². The molecule has 0 atom stereocenters. The van der Waals surface area contributed by atoms with Crippen molar-refractivity contribution in [1.82, 2.24) is 4.90 Å². The molecule has 2 aromatic rings. The molecule has 0 aliphatic carbocycles. The first-order valence-electron chi connectivity index (χ1n) is 8.73. The minimum absolute atomic E-state index is 0.0980. The third kappa shape index (κ3) is 4.41. The molecule has 1 fully saturated rings. The Bertz CT molecular complexity index is 773. The molecule has 26 heavy (non-hydrogen) atoms. The quantitative estimate of drug-likeness (QED) is 0.872. The summed E-state index contributed by atoms with van der Waals surface area (Å²) in [6.07, 6.45) is 0. The summed E-state index contributed by atoms with van der Waals surface area (Å²) in [5, 5.41) is 3.66. The van der Waals surface area contributed by atoms with Crippen molar-refractivity contribution in [2.75, 3.05) is 50.1 Å². The van der Waals surface area contributed by atoms with E-state index in [-0.39, 0.29) is 12.5 Å². The maximum Gasteiger partial charge on any atom is 0.241 e. The highest BCUT2D eigenvalue weighted by atomic mass is 35.5. The highest BCUT2D eigenvalue weighted by molar-refractivity contribution is 6.32. The molecule has 5 nitrogen and oxygen atoms in total. The van der Waals surface area contributed by atoms with Gasteiger partial charge in [-0.3, -0.25) is 4.79 Å². The number of carbonyl (C=O) groups excluding carboxylic acids is 1. The second-order valence-corrected chi connectivity index (χ2v) is 6.82. The fourth-order valence-corrected chi connectivity index (χ4v) is 3.36. The van der Waals surface area contributed by atoms with E-state index < -0.39 is 0 Å².